The lowest BCUT2D eigenvalue weighted by Gasteiger charge is -2.18. The van der Waals surface area contributed by atoms with Crippen molar-refractivity contribution in [2.45, 2.75) is 44.6 Å². The van der Waals surface area contributed by atoms with Crippen LogP contribution in [0, 0.1) is 6.92 Å². The number of hydrogen-bond donors (Lipinski definition) is 2. The van der Waals surface area contributed by atoms with Gasteiger partial charge in [-0.25, -0.2) is 8.42 Å². The molecule has 0 saturated heterocycles. The molecule has 0 aliphatic rings. The summed E-state index contributed by atoms with van der Waals surface area (Å²) < 4.78 is 33.7. The monoisotopic (exact) mass is 486 g/mol. The van der Waals surface area contributed by atoms with Crippen LogP contribution < -0.4 is 14.8 Å². The highest BCUT2D eigenvalue weighted by atomic mass is 35.5. The number of anilines is 2. The van der Waals surface area contributed by atoms with Gasteiger partial charge in [0, 0.05) is 10.7 Å². The summed E-state index contributed by atoms with van der Waals surface area (Å²) in [5, 5.41) is 3.23. The Morgan fingerprint density at radius 3 is 2.21 bits per heavy atom. The Hall–Kier alpha value is -3.03. The van der Waals surface area contributed by atoms with Crippen molar-refractivity contribution >= 4 is 38.9 Å². The van der Waals surface area contributed by atoms with Crippen molar-refractivity contribution in [2.24, 2.45) is 0 Å². The zero-order valence-corrected chi connectivity index (χ0v) is 20.5. The number of carbonyl (C=O) groups is 1. The van der Waals surface area contributed by atoms with E-state index in [9.17, 15) is 13.2 Å². The third-order valence-corrected chi connectivity index (χ3v) is 6.87. The van der Waals surface area contributed by atoms with E-state index in [1.54, 1.807) is 25.1 Å². The van der Waals surface area contributed by atoms with Crippen molar-refractivity contribution < 1.29 is 17.9 Å². The molecular formula is C25H27ClN2O4S. The highest BCUT2D eigenvalue weighted by Crippen LogP contribution is 2.27. The number of halogens is 1. The first-order chi connectivity index (χ1) is 15.6. The molecule has 0 radical (unpaired) electrons. The Kier molecular flexibility index (Phi) is 7.66. The minimum absolute atomic E-state index is 0.0624. The summed E-state index contributed by atoms with van der Waals surface area (Å²) in [6.07, 6.45) is -0.735. The maximum absolute atomic E-state index is 12.7. The number of nitrogens with one attached hydrogen (secondary N) is 2. The van der Waals surface area contributed by atoms with Crippen LogP contribution >= 0.6 is 11.6 Å². The van der Waals surface area contributed by atoms with Gasteiger partial charge in [0.25, 0.3) is 15.9 Å². The third-order valence-electron chi connectivity index (χ3n) is 5.07. The number of aryl methyl sites for hydroxylation is 1. The van der Waals surface area contributed by atoms with E-state index in [0.717, 1.165) is 11.1 Å². The lowest BCUT2D eigenvalue weighted by molar-refractivity contribution is -0.122. The quantitative estimate of drug-likeness (QED) is 0.410. The fraction of sp³-hybridized carbons (Fsp3) is 0.240. The average molecular weight is 487 g/mol. The van der Waals surface area contributed by atoms with E-state index in [1.807, 2.05) is 31.2 Å². The molecule has 3 rings (SSSR count). The van der Waals surface area contributed by atoms with Crippen LogP contribution in [-0.2, 0) is 14.8 Å². The summed E-state index contributed by atoms with van der Waals surface area (Å²) in [5.41, 5.74) is 2.71. The molecule has 0 aromatic heterocycles. The maximum Gasteiger partial charge on any atom is 0.265 e. The van der Waals surface area contributed by atoms with Crippen LogP contribution in [0.3, 0.4) is 0 Å². The SMILES string of the molecule is Cc1ccc(NS(=O)(=O)c2ccc(NC(=O)[C@H](C)Oc3ccccc3C(C)C)cc2)cc1Cl. The topological polar surface area (TPSA) is 84.5 Å². The van der Waals surface area contributed by atoms with E-state index in [4.69, 9.17) is 16.3 Å². The number of sulfonamides is 1. The van der Waals surface area contributed by atoms with Crippen LogP contribution in [0.5, 0.6) is 5.75 Å². The van der Waals surface area contributed by atoms with E-state index >= 15 is 0 Å². The minimum Gasteiger partial charge on any atom is -0.481 e. The molecule has 33 heavy (non-hydrogen) atoms. The fourth-order valence-electron chi connectivity index (χ4n) is 3.14. The molecule has 0 heterocycles. The zero-order chi connectivity index (χ0) is 24.2. The van der Waals surface area contributed by atoms with Gasteiger partial charge in [-0.3, -0.25) is 9.52 Å². The molecule has 174 valence electrons. The van der Waals surface area contributed by atoms with Crippen molar-refractivity contribution in [3.8, 4) is 5.75 Å². The summed E-state index contributed by atoms with van der Waals surface area (Å²) in [6.45, 7) is 7.63. The van der Waals surface area contributed by atoms with Crippen molar-refractivity contribution in [3.63, 3.8) is 0 Å². The summed E-state index contributed by atoms with van der Waals surface area (Å²) in [4.78, 5) is 12.7. The highest BCUT2D eigenvalue weighted by molar-refractivity contribution is 7.92. The molecule has 0 saturated carbocycles. The fourth-order valence-corrected chi connectivity index (χ4v) is 4.37. The highest BCUT2D eigenvalue weighted by Gasteiger charge is 2.19. The van der Waals surface area contributed by atoms with Gasteiger partial charge in [0.15, 0.2) is 6.10 Å². The number of hydrogen-bond acceptors (Lipinski definition) is 4. The molecule has 0 aliphatic heterocycles. The van der Waals surface area contributed by atoms with E-state index in [2.05, 4.69) is 23.9 Å². The molecule has 2 N–H and O–H groups in total. The summed E-state index contributed by atoms with van der Waals surface area (Å²) in [5.74, 6) is 0.589. The summed E-state index contributed by atoms with van der Waals surface area (Å²) in [7, 11) is -3.80. The van der Waals surface area contributed by atoms with Gasteiger partial charge in [0.1, 0.15) is 5.75 Å². The average Bonchev–Trinajstić information content (AvgIpc) is 2.76. The van der Waals surface area contributed by atoms with Gasteiger partial charge in [0.2, 0.25) is 0 Å². The number of rotatable bonds is 8. The first kappa shape index (κ1) is 24.6. The molecule has 0 bridgehead atoms. The number of amides is 1. The Morgan fingerprint density at radius 2 is 1.58 bits per heavy atom. The van der Waals surface area contributed by atoms with Crippen molar-refractivity contribution in [1.29, 1.82) is 0 Å². The summed E-state index contributed by atoms with van der Waals surface area (Å²) >= 11 is 6.07. The van der Waals surface area contributed by atoms with Gasteiger partial charge in [-0.1, -0.05) is 49.7 Å². The Balaban J connectivity index is 1.66. The van der Waals surface area contributed by atoms with Crippen molar-refractivity contribution in [1.82, 2.24) is 0 Å². The molecule has 6 nitrogen and oxygen atoms in total. The number of ether oxygens (including phenoxy) is 1. The molecular weight excluding hydrogens is 460 g/mol. The zero-order valence-electron chi connectivity index (χ0n) is 18.9. The van der Waals surface area contributed by atoms with Crippen LogP contribution in [0.15, 0.2) is 71.6 Å². The third kappa shape index (κ3) is 6.27. The normalized spacial score (nSPS) is 12.3. The van der Waals surface area contributed by atoms with Gasteiger partial charge in [-0.2, -0.15) is 0 Å². The van der Waals surface area contributed by atoms with Gasteiger partial charge in [0.05, 0.1) is 10.6 Å². The molecule has 0 spiro atoms. The Bertz CT molecular complexity index is 1240. The smallest absolute Gasteiger partial charge is 0.265 e. The molecule has 3 aromatic rings. The second-order valence-electron chi connectivity index (χ2n) is 8.04. The Morgan fingerprint density at radius 1 is 0.939 bits per heavy atom. The van der Waals surface area contributed by atoms with E-state index in [0.29, 0.717) is 22.1 Å². The second-order valence-corrected chi connectivity index (χ2v) is 10.1. The van der Waals surface area contributed by atoms with Crippen LogP contribution in [0.2, 0.25) is 5.02 Å². The molecule has 0 fully saturated rings. The van der Waals surface area contributed by atoms with Gasteiger partial charge < -0.3 is 10.1 Å². The van der Waals surface area contributed by atoms with E-state index in [1.165, 1.54) is 24.3 Å². The standard InChI is InChI=1S/C25H27ClN2O4S/c1-16(2)22-7-5-6-8-24(22)32-18(4)25(29)27-19-11-13-21(14-12-19)33(30,31)28-20-10-9-17(3)23(26)15-20/h5-16,18,28H,1-4H3,(H,27,29)/t18-/m0/s1. The first-order valence-corrected chi connectivity index (χ1v) is 12.4. The minimum atomic E-state index is -3.80. The molecule has 1 atom stereocenters. The molecule has 0 aliphatic carbocycles. The molecule has 3 aromatic carbocycles. The van der Waals surface area contributed by atoms with Crippen molar-refractivity contribution in [2.75, 3.05) is 10.0 Å². The molecule has 8 heteroatoms. The first-order valence-electron chi connectivity index (χ1n) is 10.5. The lowest BCUT2D eigenvalue weighted by atomic mass is 10.0. The Labute approximate surface area is 200 Å². The van der Waals surface area contributed by atoms with Crippen molar-refractivity contribution in [3.05, 3.63) is 82.9 Å². The van der Waals surface area contributed by atoms with Crippen LogP contribution in [0.4, 0.5) is 11.4 Å². The summed E-state index contributed by atoms with van der Waals surface area (Å²) in [6, 6.07) is 18.5. The maximum atomic E-state index is 12.7. The molecule has 1 amide bonds. The molecule has 0 unspecified atom stereocenters. The van der Waals surface area contributed by atoms with E-state index in [-0.39, 0.29) is 16.7 Å². The van der Waals surface area contributed by atoms with Gasteiger partial charge in [-0.15, -0.1) is 0 Å². The van der Waals surface area contributed by atoms with Crippen LogP contribution in [0.1, 0.15) is 37.8 Å². The van der Waals surface area contributed by atoms with Crippen LogP contribution in [0.25, 0.3) is 0 Å². The number of para-hydroxylation sites is 1. The van der Waals surface area contributed by atoms with Crippen LogP contribution in [-0.4, -0.2) is 20.4 Å². The van der Waals surface area contributed by atoms with E-state index < -0.39 is 16.1 Å². The number of benzene rings is 3. The largest absolute Gasteiger partial charge is 0.481 e. The number of carbonyl (C=O) groups excluding carboxylic acids is 1. The predicted octanol–water partition coefficient (Wildman–Crippen LogP) is 5.98. The second kappa shape index (κ2) is 10.3. The lowest BCUT2D eigenvalue weighted by Crippen LogP contribution is -2.30. The predicted molar refractivity (Wildman–Crippen MR) is 133 cm³/mol. The van der Waals surface area contributed by atoms with Gasteiger partial charge in [-0.05, 0) is 73.4 Å². The van der Waals surface area contributed by atoms with Gasteiger partial charge >= 0.3 is 0 Å².